The number of benzene rings is 1. The first-order valence-electron chi connectivity index (χ1n) is 5.79. The lowest BCUT2D eigenvalue weighted by atomic mass is 10.1. The van der Waals surface area contributed by atoms with Crippen LogP contribution in [-0.4, -0.2) is 24.2 Å². The van der Waals surface area contributed by atoms with Gasteiger partial charge in [-0.05, 0) is 24.5 Å². The number of para-hydroxylation sites is 1. The molecule has 0 saturated carbocycles. The second-order valence-electron chi connectivity index (χ2n) is 4.33. The highest BCUT2D eigenvalue weighted by Gasteiger charge is 2.24. The van der Waals surface area contributed by atoms with Crippen LogP contribution in [0, 0.1) is 5.92 Å². The van der Waals surface area contributed by atoms with Gasteiger partial charge in [-0.25, -0.2) is 4.79 Å². The maximum absolute atomic E-state index is 11.1. The van der Waals surface area contributed by atoms with E-state index in [1.807, 2.05) is 12.1 Å². The van der Waals surface area contributed by atoms with Gasteiger partial charge in [-0.15, -0.1) is 0 Å². The van der Waals surface area contributed by atoms with Crippen molar-refractivity contribution in [2.45, 2.75) is 19.8 Å². The van der Waals surface area contributed by atoms with Gasteiger partial charge in [-0.3, -0.25) is 0 Å². The van der Waals surface area contributed by atoms with Crippen molar-refractivity contribution in [3.63, 3.8) is 0 Å². The summed E-state index contributed by atoms with van der Waals surface area (Å²) >= 11 is 0. The van der Waals surface area contributed by atoms with E-state index in [1.165, 1.54) is 12.8 Å². The number of carboxylic acid groups (broad SMARTS) is 1. The first-order valence-corrected chi connectivity index (χ1v) is 5.79. The van der Waals surface area contributed by atoms with E-state index in [0.717, 1.165) is 18.8 Å². The Morgan fingerprint density at radius 2 is 2.25 bits per heavy atom. The van der Waals surface area contributed by atoms with Crippen LogP contribution in [0.3, 0.4) is 0 Å². The fourth-order valence-electron chi connectivity index (χ4n) is 2.31. The average molecular weight is 219 g/mol. The summed E-state index contributed by atoms with van der Waals surface area (Å²) in [6.45, 7) is 4.15. The Morgan fingerprint density at radius 1 is 1.50 bits per heavy atom. The van der Waals surface area contributed by atoms with Crippen molar-refractivity contribution in [3.05, 3.63) is 29.8 Å². The van der Waals surface area contributed by atoms with Gasteiger partial charge in [0.2, 0.25) is 0 Å². The van der Waals surface area contributed by atoms with Crippen LogP contribution in [0.2, 0.25) is 0 Å². The summed E-state index contributed by atoms with van der Waals surface area (Å²) in [6, 6.07) is 7.26. The number of carboxylic acids is 1. The lowest BCUT2D eigenvalue weighted by Crippen LogP contribution is -2.21. The van der Waals surface area contributed by atoms with Crippen LogP contribution in [0.1, 0.15) is 30.1 Å². The van der Waals surface area contributed by atoms with E-state index in [4.69, 9.17) is 5.11 Å². The largest absolute Gasteiger partial charge is 0.478 e. The molecule has 3 heteroatoms. The first kappa shape index (κ1) is 11.0. The topological polar surface area (TPSA) is 40.5 Å². The predicted molar refractivity (Wildman–Crippen MR) is 64.0 cm³/mol. The second kappa shape index (κ2) is 4.56. The molecule has 0 radical (unpaired) electrons. The number of hydrogen-bond acceptors (Lipinski definition) is 2. The van der Waals surface area contributed by atoms with Crippen LogP contribution in [-0.2, 0) is 0 Å². The molecule has 0 aromatic heterocycles. The number of nitrogens with zero attached hydrogens (tertiary/aromatic N) is 1. The summed E-state index contributed by atoms with van der Waals surface area (Å²) < 4.78 is 0. The molecule has 1 aliphatic heterocycles. The third-order valence-corrected chi connectivity index (χ3v) is 3.34. The van der Waals surface area contributed by atoms with Crippen molar-refractivity contribution in [1.82, 2.24) is 0 Å². The fraction of sp³-hybridized carbons (Fsp3) is 0.462. The van der Waals surface area contributed by atoms with Gasteiger partial charge in [0.1, 0.15) is 0 Å². The summed E-state index contributed by atoms with van der Waals surface area (Å²) in [4.78, 5) is 13.3. The molecule has 1 N–H and O–H groups in total. The molecule has 16 heavy (non-hydrogen) atoms. The van der Waals surface area contributed by atoms with E-state index in [-0.39, 0.29) is 0 Å². The molecule has 1 aromatic rings. The van der Waals surface area contributed by atoms with Crippen molar-refractivity contribution >= 4 is 11.7 Å². The Kier molecular flexibility index (Phi) is 3.13. The molecule has 1 fully saturated rings. The SMILES string of the molecule is CCC1CCN(c2ccccc2C(=O)O)C1. The lowest BCUT2D eigenvalue weighted by molar-refractivity contribution is 0.0697. The van der Waals surface area contributed by atoms with Crippen molar-refractivity contribution in [3.8, 4) is 0 Å². The van der Waals surface area contributed by atoms with Gasteiger partial charge in [0, 0.05) is 13.1 Å². The molecule has 1 aliphatic rings. The summed E-state index contributed by atoms with van der Waals surface area (Å²) in [5.41, 5.74) is 1.28. The van der Waals surface area contributed by atoms with Gasteiger partial charge < -0.3 is 10.0 Å². The number of hydrogen-bond donors (Lipinski definition) is 1. The van der Waals surface area contributed by atoms with E-state index in [9.17, 15) is 4.79 Å². The van der Waals surface area contributed by atoms with Gasteiger partial charge >= 0.3 is 5.97 Å². The monoisotopic (exact) mass is 219 g/mol. The van der Waals surface area contributed by atoms with E-state index in [0.29, 0.717) is 11.5 Å². The Labute approximate surface area is 95.7 Å². The second-order valence-corrected chi connectivity index (χ2v) is 4.33. The minimum atomic E-state index is -0.837. The lowest BCUT2D eigenvalue weighted by Gasteiger charge is -2.20. The van der Waals surface area contributed by atoms with E-state index < -0.39 is 5.97 Å². The number of rotatable bonds is 3. The zero-order valence-corrected chi connectivity index (χ0v) is 9.52. The van der Waals surface area contributed by atoms with Crippen molar-refractivity contribution in [2.24, 2.45) is 5.92 Å². The molecule has 0 amide bonds. The molecular weight excluding hydrogens is 202 g/mol. The van der Waals surface area contributed by atoms with Gasteiger partial charge in [-0.2, -0.15) is 0 Å². The molecule has 3 nitrogen and oxygen atoms in total. The molecule has 1 unspecified atom stereocenters. The molecular formula is C13H17NO2. The van der Waals surface area contributed by atoms with Gasteiger partial charge in [-0.1, -0.05) is 25.5 Å². The Hall–Kier alpha value is -1.51. The standard InChI is InChI=1S/C13H17NO2/c1-2-10-7-8-14(9-10)12-6-4-3-5-11(12)13(15)16/h3-6,10H,2,7-9H2,1H3,(H,15,16). The quantitative estimate of drug-likeness (QED) is 0.849. The molecule has 1 aromatic carbocycles. The van der Waals surface area contributed by atoms with E-state index in [1.54, 1.807) is 12.1 Å². The van der Waals surface area contributed by atoms with Crippen molar-refractivity contribution in [1.29, 1.82) is 0 Å². The van der Waals surface area contributed by atoms with Crippen molar-refractivity contribution in [2.75, 3.05) is 18.0 Å². The molecule has 2 rings (SSSR count). The van der Waals surface area contributed by atoms with E-state index in [2.05, 4.69) is 11.8 Å². The predicted octanol–water partition coefficient (Wildman–Crippen LogP) is 2.62. The molecule has 0 aliphatic carbocycles. The highest BCUT2D eigenvalue weighted by atomic mass is 16.4. The van der Waals surface area contributed by atoms with Crippen LogP contribution in [0.4, 0.5) is 5.69 Å². The van der Waals surface area contributed by atoms with Crippen LogP contribution in [0.5, 0.6) is 0 Å². The zero-order valence-electron chi connectivity index (χ0n) is 9.52. The average Bonchev–Trinajstić information content (AvgIpc) is 2.77. The highest BCUT2D eigenvalue weighted by Crippen LogP contribution is 2.28. The normalized spacial score (nSPS) is 20.1. The molecule has 0 bridgehead atoms. The number of aromatic carboxylic acids is 1. The first-order chi connectivity index (χ1) is 7.72. The van der Waals surface area contributed by atoms with Crippen LogP contribution in [0.15, 0.2) is 24.3 Å². The van der Waals surface area contributed by atoms with Gasteiger partial charge in [0.15, 0.2) is 0 Å². The van der Waals surface area contributed by atoms with Crippen LogP contribution >= 0.6 is 0 Å². The summed E-state index contributed by atoms with van der Waals surface area (Å²) in [5.74, 6) is -0.127. The molecule has 1 heterocycles. The number of anilines is 1. The van der Waals surface area contributed by atoms with Gasteiger partial charge in [0.05, 0.1) is 11.3 Å². The maximum atomic E-state index is 11.1. The van der Waals surface area contributed by atoms with E-state index >= 15 is 0 Å². The smallest absolute Gasteiger partial charge is 0.337 e. The Balaban J connectivity index is 2.24. The Morgan fingerprint density at radius 3 is 2.88 bits per heavy atom. The Bertz CT molecular complexity index is 389. The summed E-state index contributed by atoms with van der Waals surface area (Å²) in [6.07, 6.45) is 2.34. The third kappa shape index (κ3) is 2.03. The molecule has 1 saturated heterocycles. The molecule has 0 spiro atoms. The summed E-state index contributed by atoms with van der Waals surface area (Å²) in [5, 5.41) is 9.12. The third-order valence-electron chi connectivity index (χ3n) is 3.34. The minimum Gasteiger partial charge on any atom is -0.478 e. The number of carbonyl (C=O) groups is 1. The van der Waals surface area contributed by atoms with Crippen LogP contribution < -0.4 is 4.90 Å². The van der Waals surface area contributed by atoms with Gasteiger partial charge in [0.25, 0.3) is 0 Å². The zero-order chi connectivity index (χ0) is 11.5. The van der Waals surface area contributed by atoms with Crippen molar-refractivity contribution < 1.29 is 9.90 Å². The molecule has 1 atom stereocenters. The van der Waals surface area contributed by atoms with Crippen LogP contribution in [0.25, 0.3) is 0 Å². The maximum Gasteiger partial charge on any atom is 0.337 e. The minimum absolute atomic E-state index is 0.416. The molecule has 86 valence electrons. The fourth-order valence-corrected chi connectivity index (χ4v) is 2.31. The highest BCUT2D eigenvalue weighted by molar-refractivity contribution is 5.94. The summed E-state index contributed by atoms with van der Waals surface area (Å²) in [7, 11) is 0.